The summed E-state index contributed by atoms with van der Waals surface area (Å²) in [7, 11) is 4.57. The minimum absolute atomic E-state index is 1.15. The average Bonchev–Trinajstić information content (AvgIpc) is 3.47. The molecule has 0 radical (unpaired) electrons. The van der Waals surface area contributed by atoms with Crippen LogP contribution in [-0.2, 0) is 17.3 Å². The Hall–Kier alpha value is -1.01. The number of halogens is 1. The molecule has 0 aliphatic carbocycles. The third-order valence-electron chi connectivity index (χ3n) is 4.36. The molecule has 2 heterocycles. The van der Waals surface area contributed by atoms with Crippen molar-refractivity contribution in [1.29, 1.82) is 0 Å². The summed E-state index contributed by atoms with van der Waals surface area (Å²) in [5.74, 6) is 0. The number of benzene rings is 2. The Morgan fingerprint density at radius 2 is 1.23 bits per heavy atom. The van der Waals surface area contributed by atoms with Gasteiger partial charge in [0.05, 0.1) is 0 Å². The third kappa shape index (κ3) is 7.92. The van der Waals surface area contributed by atoms with Crippen LogP contribution in [0, 0.1) is 6.67 Å². The molecule has 7 heteroatoms. The largest absolute Gasteiger partial charge is 0.265 e. The number of fused-ring (bicyclic) bond motifs is 3. The molecule has 0 bridgehead atoms. The Morgan fingerprint density at radius 3 is 1.57 bits per heavy atom. The van der Waals surface area contributed by atoms with Crippen molar-refractivity contribution in [3.8, 4) is 0 Å². The van der Waals surface area contributed by atoms with E-state index in [9.17, 15) is 0 Å². The standard InChI is InChI=1S/C13H9.C5H11N2S2.C5H5N.ClH.Ru/c1-3-7-12-10(5-1)9-11-6-2-4-8-13(11)12;1-8-6-3-4-7(5-6)9-2;1-2-4-6-5-3-1;;/h1-9H;5H,3-4H2,1-2H3;1-5H;1H;/q2*-1;;;+3/p-1. The van der Waals surface area contributed by atoms with E-state index in [-0.39, 0.29) is 0 Å². The summed E-state index contributed by atoms with van der Waals surface area (Å²) in [5.41, 5.74) is 0. The fraction of sp³-hybridized carbons (Fsp3) is 0.174. The number of pyridine rings is 1. The van der Waals surface area contributed by atoms with Gasteiger partial charge in [-0.25, -0.2) is 0 Å². The molecular formula is C23H25ClN3RuS2. The molecular weight excluding hydrogens is 519 g/mol. The van der Waals surface area contributed by atoms with Gasteiger partial charge in [-0.05, 0) is 37.7 Å². The van der Waals surface area contributed by atoms with Crippen LogP contribution in [0.2, 0.25) is 0 Å². The van der Waals surface area contributed by atoms with Gasteiger partial charge >= 0.3 is 27.0 Å². The Kier molecular flexibility index (Phi) is 12.5. The molecule has 5 rings (SSSR count). The van der Waals surface area contributed by atoms with Crippen molar-refractivity contribution in [1.82, 2.24) is 13.6 Å². The Labute approximate surface area is 202 Å². The van der Waals surface area contributed by atoms with Gasteiger partial charge in [-0.2, -0.15) is 6.67 Å². The molecule has 0 atom stereocenters. The molecule has 3 aromatic carbocycles. The topological polar surface area (TPSA) is 19.4 Å². The molecule has 159 valence electrons. The van der Waals surface area contributed by atoms with Crippen molar-refractivity contribution >= 4 is 55.1 Å². The maximum Gasteiger partial charge on any atom is 0.0267 e. The van der Waals surface area contributed by atoms with Crippen molar-refractivity contribution in [2.24, 2.45) is 0 Å². The van der Waals surface area contributed by atoms with Crippen LogP contribution < -0.4 is 0 Å². The summed E-state index contributed by atoms with van der Waals surface area (Å²) in [6.07, 6.45) is 7.70. The minimum atomic E-state index is 1.15. The zero-order chi connectivity index (χ0) is 21.6. The molecule has 0 amide bonds. The van der Waals surface area contributed by atoms with Gasteiger partial charge in [0.15, 0.2) is 0 Å². The molecule has 0 N–H and O–H groups in total. The molecule has 1 saturated heterocycles. The zero-order valence-electron chi connectivity index (χ0n) is 17.0. The van der Waals surface area contributed by atoms with Gasteiger partial charge in [0.2, 0.25) is 0 Å². The Morgan fingerprint density at radius 1 is 0.767 bits per heavy atom. The van der Waals surface area contributed by atoms with Crippen molar-refractivity contribution in [3.05, 3.63) is 91.9 Å². The minimum Gasteiger partial charge on any atom is -0.265 e. The summed E-state index contributed by atoms with van der Waals surface area (Å²) >= 11 is 5.37. The summed E-state index contributed by atoms with van der Waals surface area (Å²) in [4.78, 5) is 3.78. The van der Waals surface area contributed by atoms with E-state index in [2.05, 4.69) is 97.1 Å². The summed E-state index contributed by atoms with van der Waals surface area (Å²) in [6, 6.07) is 25.0. The smallest absolute Gasteiger partial charge is 0.0267 e. The predicted octanol–water partition coefficient (Wildman–Crippen LogP) is 6.76. The van der Waals surface area contributed by atoms with Gasteiger partial charge in [-0.3, -0.25) is 4.98 Å². The van der Waals surface area contributed by atoms with E-state index in [1.54, 1.807) is 36.3 Å². The summed E-state index contributed by atoms with van der Waals surface area (Å²) in [6.45, 7) is 4.46. The molecule has 0 spiro atoms. The van der Waals surface area contributed by atoms with Crippen LogP contribution in [0.5, 0.6) is 0 Å². The van der Waals surface area contributed by atoms with E-state index in [0.717, 1.165) is 13.1 Å². The second kappa shape index (κ2) is 14.9. The number of rotatable bonds is 2. The summed E-state index contributed by atoms with van der Waals surface area (Å²) < 4.78 is 4.47. The Bertz CT molecular complexity index is 881. The first-order valence-corrected chi connectivity index (χ1v) is 13.9. The van der Waals surface area contributed by atoms with E-state index in [0.29, 0.717) is 0 Å². The maximum absolute atomic E-state index is 4.57. The van der Waals surface area contributed by atoms with Crippen LogP contribution in [0.25, 0.3) is 21.5 Å². The van der Waals surface area contributed by atoms with Gasteiger partial charge in [0, 0.05) is 12.4 Å². The van der Waals surface area contributed by atoms with Crippen molar-refractivity contribution in [3.63, 3.8) is 0 Å². The zero-order valence-corrected chi connectivity index (χ0v) is 21.1. The normalized spacial score (nSPS) is 13.6. The molecule has 4 aromatic rings. The molecule has 1 aliphatic heterocycles. The van der Waals surface area contributed by atoms with Crippen LogP contribution in [0.1, 0.15) is 0 Å². The third-order valence-corrected chi connectivity index (χ3v) is 5.85. The molecule has 1 fully saturated rings. The quantitative estimate of drug-likeness (QED) is 0.157. The van der Waals surface area contributed by atoms with E-state index in [4.69, 9.17) is 0 Å². The molecule has 30 heavy (non-hydrogen) atoms. The number of nitrogens with zero attached hydrogens (tertiary/aromatic N) is 3. The van der Waals surface area contributed by atoms with Crippen LogP contribution in [0.3, 0.4) is 0 Å². The van der Waals surface area contributed by atoms with Crippen LogP contribution in [0.4, 0.5) is 0 Å². The second-order valence-electron chi connectivity index (χ2n) is 6.11. The van der Waals surface area contributed by atoms with E-state index in [1.165, 1.54) is 21.5 Å². The molecule has 1 aromatic heterocycles. The first-order chi connectivity index (χ1) is 14.8. The van der Waals surface area contributed by atoms with Gasteiger partial charge in [0.1, 0.15) is 0 Å². The van der Waals surface area contributed by atoms with E-state index in [1.807, 2.05) is 35.5 Å². The van der Waals surface area contributed by atoms with Crippen molar-refractivity contribution < 1.29 is 17.3 Å². The van der Waals surface area contributed by atoms with Crippen molar-refractivity contribution in [2.75, 3.05) is 25.6 Å². The summed E-state index contributed by atoms with van der Waals surface area (Å²) in [5, 5.41) is 5.39. The fourth-order valence-corrected chi connectivity index (χ4v) is 3.95. The fourth-order valence-electron chi connectivity index (χ4n) is 2.95. The van der Waals surface area contributed by atoms with E-state index >= 15 is 0 Å². The maximum atomic E-state index is 4.57. The molecule has 1 aliphatic rings. The van der Waals surface area contributed by atoms with E-state index < -0.39 is 0 Å². The number of hydrogen-bond donors (Lipinski definition) is 0. The number of aromatic nitrogens is 1. The SMILES string of the molecule is CSN1[CH-]N(SC)CC1.[Cl][Ru+2].c1ccc2c(c1)[cH-]c1ccccc12.c1ccncc1. The molecule has 3 nitrogen and oxygen atoms in total. The first-order valence-electron chi connectivity index (χ1n) is 9.30. The van der Waals surface area contributed by atoms with Gasteiger partial charge in [-0.15, -0.1) is 63.6 Å². The second-order valence-corrected chi connectivity index (χ2v) is 7.77. The van der Waals surface area contributed by atoms with Gasteiger partial charge < -0.3 is 8.61 Å². The molecule has 0 saturated carbocycles. The van der Waals surface area contributed by atoms with Crippen LogP contribution >= 0.6 is 33.6 Å². The average molecular weight is 544 g/mol. The monoisotopic (exact) mass is 544 g/mol. The number of hydrogen-bond acceptors (Lipinski definition) is 5. The first kappa shape index (κ1) is 25.3. The predicted molar refractivity (Wildman–Crippen MR) is 132 cm³/mol. The van der Waals surface area contributed by atoms with Crippen LogP contribution in [-0.4, -0.2) is 39.2 Å². The Balaban J connectivity index is 0.000000165. The van der Waals surface area contributed by atoms with Crippen molar-refractivity contribution in [2.45, 2.75) is 0 Å². The molecule has 0 unspecified atom stereocenters. The van der Waals surface area contributed by atoms with Gasteiger partial charge in [-0.1, -0.05) is 42.5 Å². The van der Waals surface area contributed by atoms with Crippen LogP contribution in [0.15, 0.2) is 85.2 Å². The van der Waals surface area contributed by atoms with Gasteiger partial charge in [0.25, 0.3) is 0 Å².